The number of amides is 2. The quantitative estimate of drug-likeness (QED) is 0.529. The van der Waals surface area contributed by atoms with Gasteiger partial charge in [0.25, 0.3) is 0 Å². The predicted octanol–water partition coefficient (Wildman–Crippen LogP) is 4.76. The van der Waals surface area contributed by atoms with Crippen LogP contribution in [0.25, 0.3) is 0 Å². The van der Waals surface area contributed by atoms with Gasteiger partial charge < -0.3 is 19.3 Å². The fourth-order valence-electron chi connectivity index (χ4n) is 5.64. The fourth-order valence-corrected chi connectivity index (χ4v) is 6.56. The number of carbonyl (C=O) groups excluding carboxylic acids is 2. The van der Waals surface area contributed by atoms with E-state index in [1.165, 1.54) is 16.0 Å². The third-order valence-corrected chi connectivity index (χ3v) is 8.63. The number of thiophene rings is 1. The molecule has 188 valence electrons. The lowest BCUT2D eigenvalue weighted by Crippen LogP contribution is -2.50. The monoisotopic (exact) mass is 496 g/mol. The van der Waals surface area contributed by atoms with Crippen LogP contribution in [0.2, 0.25) is 0 Å². The number of rotatable bonds is 8. The van der Waals surface area contributed by atoms with Gasteiger partial charge in [-0.25, -0.2) is 0 Å². The second kappa shape index (κ2) is 11.1. The van der Waals surface area contributed by atoms with Crippen molar-refractivity contribution in [2.24, 2.45) is 5.92 Å². The molecule has 1 aromatic heterocycles. The van der Waals surface area contributed by atoms with E-state index < -0.39 is 0 Å². The topological polar surface area (TPSA) is 59.1 Å². The van der Waals surface area contributed by atoms with E-state index in [0.717, 1.165) is 57.3 Å². The van der Waals surface area contributed by atoms with Crippen molar-refractivity contribution in [3.8, 4) is 5.75 Å². The summed E-state index contributed by atoms with van der Waals surface area (Å²) in [6, 6.07) is 9.99. The van der Waals surface area contributed by atoms with Crippen LogP contribution in [-0.4, -0.2) is 60.6 Å². The number of ether oxygens (including phenoxy) is 2. The Balaban J connectivity index is 1.31. The molecule has 1 aliphatic carbocycles. The highest BCUT2D eigenvalue weighted by molar-refractivity contribution is 7.10. The van der Waals surface area contributed by atoms with Gasteiger partial charge in [0.2, 0.25) is 11.8 Å². The molecule has 5 rings (SSSR count). The number of fused-ring (bicyclic) bond motifs is 1. The summed E-state index contributed by atoms with van der Waals surface area (Å²) in [7, 11) is 0. The molecule has 3 aliphatic rings. The molecule has 1 saturated heterocycles. The SMILES string of the molecule is Cc1ccc(OC[C@@H]2c3ccsc3CCN2C(=O)CN(C[C@@H]2CCCO2)C(=O)C2CCCC2)cc1. The van der Waals surface area contributed by atoms with Gasteiger partial charge in [0, 0.05) is 30.5 Å². The van der Waals surface area contributed by atoms with Gasteiger partial charge >= 0.3 is 0 Å². The van der Waals surface area contributed by atoms with E-state index in [1.54, 1.807) is 16.2 Å². The molecular formula is C28H36N2O4S. The van der Waals surface area contributed by atoms with Gasteiger partial charge in [-0.3, -0.25) is 9.59 Å². The van der Waals surface area contributed by atoms with Crippen molar-refractivity contribution >= 4 is 23.2 Å². The molecule has 1 aromatic carbocycles. The number of benzene rings is 1. The maximum Gasteiger partial charge on any atom is 0.242 e. The van der Waals surface area contributed by atoms with Crippen LogP contribution in [0.15, 0.2) is 35.7 Å². The van der Waals surface area contributed by atoms with Crippen LogP contribution >= 0.6 is 11.3 Å². The van der Waals surface area contributed by atoms with E-state index in [2.05, 4.69) is 18.4 Å². The highest BCUT2D eigenvalue weighted by Gasteiger charge is 2.36. The smallest absolute Gasteiger partial charge is 0.242 e. The third-order valence-electron chi connectivity index (χ3n) is 7.63. The lowest BCUT2D eigenvalue weighted by Gasteiger charge is -2.37. The van der Waals surface area contributed by atoms with E-state index in [-0.39, 0.29) is 36.4 Å². The molecule has 3 heterocycles. The van der Waals surface area contributed by atoms with Crippen molar-refractivity contribution in [3.05, 3.63) is 51.7 Å². The second-order valence-corrected chi connectivity index (χ2v) is 11.1. The third kappa shape index (κ3) is 5.72. The minimum absolute atomic E-state index is 0.00343. The molecule has 0 spiro atoms. The van der Waals surface area contributed by atoms with Crippen molar-refractivity contribution in [1.82, 2.24) is 9.80 Å². The minimum Gasteiger partial charge on any atom is -0.491 e. The highest BCUT2D eigenvalue weighted by Crippen LogP contribution is 2.34. The normalized spacial score (nSPS) is 22.3. The number of hydrogen-bond donors (Lipinski definition) is 0. The molecule has 0 unspecified atom stereocenters. The van der Waals surface area contributed by atoms with Crippen molar-refractivity contribution in [3.63, 3.8) is 0 Å². The molecule has 2 amide bonds. The summed E-state index contributed by atoms with van der Waals surface area (Å²) in [4.78, 5) is 32.2. The van der Waals surface area contributed by atoms with Crippen LogP contribution in [0.1, 0.15) is 60.6 Å². The first-order chi connectivity index (χ1) is 17.1. The van der Waals surface area contributed by atoms with Gasteiger partial charge in [0.1, 0.15) is 12.4 Å². The van der Waals surface area contributed by atoms with E-state index in [0.29, 0.717) is 19.7 Å². The van der Waals surface area contributed by atoms with Crippen LogP contribution in [-0.2, 0) is 20.7 Å². The van der Waals surface area contributed by atoms with Crippen LogP contribution in [0.3, 0.4) is 0 Å². The number of carbonyl (C=O) groups is 2. The Labute approximate surface area is 212 Å². The van der Waals surface area contributed by atoms with Gasteiger partial charge in [-0.2, -0.15) is 0 Å². The van der Waals surface area contributed by atoms with Crippen molar-refractivity contribution in [2.75, 3.05) is 32.8 Å². The largest absolute Gasteiger partial charge is 0.491 e. The summed E-state index contributed by atoms with van der Waals surface area (Å²) >= 11 is 1.75. The Kier molecular flexibility index (Phi) is 7.73. The van der Waals surface area contributed by atoms with Gasteiger partial charge in [-0.15, -0.1) is 11.3 Å². The predicted molar refractivity (Wildman–Crippen MR) is 137 cm³/mol. The zero-order valence-corrected chi connectivity index (χ0v) is 21.4. The second-order valence-electron chi connectivity index (χ2n) is 10.1. The van der Waals surface area contributed by atoms with Gasteiger partial charge in [0.05, 0.1) is 18.7 Å². The average Bonchev–Trinajstić information content (AvgIpc) is 3.65. The van der Waals surface area contributed by atoms with Crippen molar-refractivity contribution < 1.29 is 19.1 Å². The number of hydrogen-bond acceptors (Lipinski definition) is 5. The summed E-state index contributed by atoms with van der Waals surface area (Å²) in [6.07, 6.45) is 6.94. The van der Waals surface area contributed by atoms with Crippen LogP contribution in [0.5, 0.6) is 5.75 Å². The molecule has 0 bridgehead atoms. The molecule has 6 nitrogen and oxygen atoms in total. The lowest BCUT2D eigenvalue weighted by molar-refractivity contribution is -0.146. The average molecular weight is 497 g/mol. The Morgan fingerprint density at radius 2 is 1.91 bits per heavy atom. The minimum atomic E-state index is -0.148. The summed E-state index contributed by atoms with van der Waals surface area (Å²) in [5.41, 5.74) is 2.36. The summed E-state index contributed by atoms with van der Waals surface area (Å²) < 4.78 is 12.0. The van der Waals surface area contributed by atoms with E-state index >= 15 is 0 Å². The Hall–Kier alpha value is -2.38. The molecule has 2 fully saturated rings. The molecule has 1 saturated carbocycles. The van der Waals surface area contributed by atoms with Gasteiger partial charge in [0.15, 0.2) is 0 Å². The zero-order chi connectivity index (χ0) is 24.2. The summed E-state index contributed by atoms with van der Waals surface area (Å²) in [5.74, 6) is 0.993. The van der Waals surface area contributed by atoms with E-state index in [4.69, 9.17) is 9.47 Å². The van der Waals surface area contributed by atoms with E-state index in [9.17, 15) is 9.59 Å². The van der Waals surface area contributed by atoms with E-state index in [1.807, 2.05) is 29.2 Å². The highest BCUT2D eigenvalue weighted by atomic mass is 32.1. The van der Waals surface area contributed by atoms with Crippen LogP contribution < -0.4 is 4.74 Å². The summed E-state index contributed by atoms with van der Waals surface area (Å²) in [5, 5.41) is 2.10. The van der Waals surface area contributed by atoms with Crippen molar-refractivity contribution in [2.45, 2.75) is 64.0 Å². The molecule has 35 heavy (non-hydrogen) atoms. The molecule has 0 radical (unpaired) electrons. The lowest BCUT2D eigenvalue weighted by atomic mass is 10.00. The standard InChI is InChI=1S/C28H36N2O4S/c1-20-8-10-22(11-9-20)34-19-25-24-13-16-35-26(24)12-14-30(25)27(31)18-29(17-23-7-4-15-33-23)28(32)21-5-2-3-6-21/h8-11,13,16,21,23,25H,2-7,12,14-15,17-19H2,1H3/t23-,25+/m0/s1. The molecule has 2 atom stereocenters. The first-order valence-electron chi connectivity index (χ1n) is 13.0. The van der Waals surface area contributed by atoms with Gasteiger partial charge in [-0.05, 0) is 68.2 Å². The fraction of sp³-hybridized carbons (Fsp3) is 0.571. The molecule has 7 heteroatoms. The number of aryl methyl sites for hydroxylation is 1. The first kappa shape index (κ1) is 24.3. The zero-order valence-electron chi connectivity index (χ0n) is 20.6. The number of nitrogens with zero attached hydrogens (tertiary/aromatic N) is 2. The molecule has 2 aliphatic heterocycles. The molecule has 0 N–H and O–H groups in total. The Bertz CT molecular complexity index is 1010. The van der Waals surface area contributed by atoms with Crippen LogP contribution in [0.4, 0.5) is 0 Å². The maximum absolute atomic E-state index is 13.7. The Morgan fingerprint density at radius 1 is 1.11 bits per heavy atom. The van der Waals surface area contributed by atoms with Crippen LogP contribution in [0, 0.1) is 12.8 Å². The summed E-state index contributed by atoms with van der Waals surface area (Å²) in [6.45, 7) is 4.49. The first-order valence-corrected chi connectivity index (χ1v) is 13.9. The molecule has 2 aromatic rings. The Morgan fingerprint density at radius 3 is 2.66 bits per heavy atom. The van der Waals surface area contributed by atoms with Crippen molar-refractivity contribution in [1.29, 1.82) is 0 Å². The molecular weight excluding hydrogens is 460 g/mol. The maximum atomic E-state index is 13.7. The van der Waals surface area contributed by atoms with Gasteiger partial charge in [-0.1, -0.05) is 30.5 Å².